The first-order chi connectivity index (χ1) is 14.2. The van der Waals surface area contributed by atoms with Crippen LogP contribution in [0, 0.1) is 0 Å². The van der Waals surface area contributed by atoms with Crippen LogP contribution in [0.4, 0.5) is 0 Å². The lowest BCUT2D eigenvalue weighted by atomic mass is 9.72. The van der Waals surface area contributed by atoms with Crippen molar-refractivity contribution < 1.29 is 28.0 Å². The molecule has 1 aliphatic rings. The van der Waals surface area contributed by atoms with Crippen molar-refractivity contribution in [2.45, 2.75) is 43.6 Å². The quantitative estimate of drug-likeness (QED) is 0.888. The van der Waals surface area contributed by atoms with Gasteiger partial charge >= 0.3 is 0 Å². The minimum Gasteiger partial charge on any atom is -0.508 e. The van der Waals surface area contributed by atoms with E-state index < -0.39 is 72.3 Å². The fourth-order valence-electron chi connectivity index (χ4n) is 2.32. The van der Waals surface area contributed by atoms with E-state index in [2.05, 4.69) is 0 Å². The zero-order valence-electron chi connectivity index (χ0n) is 23.4. The van der Waals surface area contributed by atoms with Gasteiger partial charge in [-0.2, -0.15) is 0 Å². The summed E-state index contributed by atoms with van der Waals surface area (Å²) in [5, 5.41) is 21.4. The fraction of sp³-hybridized carbons (Fsp3) is 0.625. The number of hydrogen-bond donors (Lipinski definition) is 2. The summed E-state index contributed by atoms with van der Waals surface area (Å²) in [4.78, 5) is -0.522. The third-order valence-electron chi connectivity index (χ3n) is 3.23. The zero-order chi connectivity index (χ0) is 25.1. The van der Waals surface area contributed by atoms with Gasteiger partial charge < -0.3 is 15.1 Å². The summed E-state index contributed by atoms with van der Waals surface area (Å²) in [5.41, 5.74) is -3.47. The van der Waals surface area contributed by atoms with Crippen LogP contribution in [0.3, 0.4) is 0 Å². The minimum atomic E-state index is -3.74. The molecule has 3 heteroatoms. The summed E-state index contributed by atoms with van der Waals surface area (Å²) in [6.45, 7) is -11.0. The molecule has 2 N–H and O–H groups in total. The Hall–Kier alpha value is -1.06. The summed E-state index contributed by atoms with van der Waals surface area (Å²) < 4.78 is 104. The number of nitrogens with zero attached hydrogens (tertiary/aromatic N) is 1. The standard InChI is InChI=1S/C16H25NO2/c1-17(2)12-15(13-6-8-14(18)9-7-13)16(19)10-4-3-5-11-16/h6-9,15,18-19H,3-5,10-12H2,1-2H3/i1D3,2D3,6D,7D,8D,9D,12D2,15D. The third-order valence-corrected chi connectivity index (χ3v) is 3.23. The smallest absolute Gasteiger partial charge is 0.115 e. The molecule has 1 unspecified atom stereocenters. The predicted molar refractivity (Wildman–Crippen MR) is 77.4 cm³/mol. The SMILES string of the molecule is [2H]c1c([2H])c(C([2H])(C2(O)CCCCC2)C([2H])([2H])N(C([2H])([2H])[2H])C([2H])([2H])[2H])c([2H])c([2H])c1O. The van der Waals surface area contributed by atoms with Crippen molar-refractivity contribution in [2.24, 2.45) is 0 Å². The van der Waals surface area contributed by atoms with Crippen LogP contribution in [0.25, 0.3) is 0 Å². The van der Waals surface area contributed by atoms with Gasteiger partial charge in [-0.15, -0.1) is 0 Å². The third kappa shape index (κ3) is 3.48. The molecule has 1 aromatic rings. The molecule has 3 nitrogen and oxygen atoms in total. The van der Waals surface area contributed by atoms with E-state index in [1.165, 1.54) is 0 Å². The number of phenolic OH excluding ortho intramolecular Hbond substituents is 1. The van der Waals surface area contributed by atoms with E-state index in [4.69, 9.17) is 17.8 Å². The van der Waals surface area contributed by atoms with E-state index >= 15 is 0 Å². The van der Waals surface area contributed by atoms with Crippen LogP contribution in [0.5, 0.6) is 5.75 Å². The molecule has 0 bridgehead atoms. The maximum atomic E-state index is 11.5. The van der Waals surface area contributed by atoms with Crippen molar-refractivity contribution in [1.29, 1.82) is 0 Å². The molecule has 0 heterocycles. The van der Waals surface area contributed by atoms with Crippen LogP contribution >= 0.6 is 0 Å². The van der Waals surface area contributed by atoms with Crippen molar-refractivity contribution in [3.05, 3.63) is 29.7 Å². The molecule has 0 aromatic heterocycles. The molecular weight excluding hydrogens is 238 g/mol. The Morgan fingerprint density at radius 2 is 2.00 bits per heavy atom. The summed E-state index contributed by atoms with van der Waals surface area (Å²) in [7, 11) is 0. The molecule has 1 aliphatic carbocycles. The molecule has 0 aliphatic heterocycles. The van der Waals surface area contributed by atoms with E-state index in [0.717, 1.165) is 0 Å². The van der Waals surface area contributed by atoms with Crippen molar-refractivity contribution in [2.75, 3.05) is 20.4 Å². The van der Waals surface area contributed by atoms with Gasteiger partial charge in [-0.05, 0) is 44.4 Å². The number of aliphatic hydroxyl groups is 1. The largest absolute Gasteiger partial charge is 0.508 e. The maximum Gasteiger partial charge on any atom is 0.115 e. The number of benzene rings is 1. The van der Waals surface area contributed by atoms with E-state index in [1.807, 2.05) is 0 Å². The van der Waals surface area contributed by atoms with E-state index in [9.17, 15) is 10.2 Å². The van der Waals surface area contributed by atoms with Crippen LogP contribution in [0.1, 0.15) is 61.4 Å². The van der Waals surface area contributed by atoms with Gasteiger partial charge in [0.15, 0.2) is 0 Å². The Bertz CT molecular complexity index is 833. The van der Waals surface area contributed by atoms with Crippen LogP contribution in [0.15, 0.2) is 24.2 Å². The molecule has 19 heavy (non-hydrogen) atoms. The Labute approximate surface area is 134 Å². The summed E-state index contributed by atoms with van der Waals surface area (Å²) in [5.74, 6) is -4.37. The predicted octanol–water partition coefficient (Wildman–Crippen LogP) is 2.73. The summed E-state index contributed by atoms with van der Waals surface area (Å²) >= 11 is 0. The highest BCUT2D eigenvalue weighted by Crippen LogP contribution is 2.40. The van der Waals surface area contributed by atoms with Crippen LogP contribution in [-0.4, -0.2) is 41.2 Å². The van der Waals surface area contributed by atoms with Crippen molar-refractivity contribution in [3.8, 4) is 5.75 Å². The lowest BCUT2D eigenvalue weighted by Crippen LogP contribution is -2.42. The number of aromatic hydroxyl groups is 1. The number of rotatable bonds is 4. The molecule has 0 spiro atoms. The molecule has 1 fully saturated rings. The van der Waals surface area contributed by atoms with Crippen molar-refractivity contribution >= 4 is 0 Å². The first-order valence-corrected chi connectivity index (χ1v) is 6.08. The van der Waals surface area contributed by atoms with Crippen LogP contribution < -0.4 is 0 Å². The number of hydrogen-bond acceptors (Lipinski definition) is 3. The molecule has 106 valence electrons. The highest BCUT2D eigenvalue weighted by Gasteiger charge is 2.38. The molecule has 0 amide bonds. The average molecular weight is 276 g/mol. The molecule has 2 rings (SSSR count). The van der Waals surface area contributed by atoms with Gasteiger partial charge in [0.1, 0.15) is 5.75 Å². The fourth-order valence-corrected chi connectivity index (χ4v) is 2.32. The lowest BCUT2D eigenvalue weighted by Gasteiger charge is -2.40. The van der Waals surface area contributed by atoms with Gasteiger partial charge in [0.05, 0.1) is 11.1 Å². The first kappa shape index (κ1) is 5.05. The van der Waals surface area contributed by atoms with Gasteiger partial charge in [-0.1, -0.05) is 31.3 Å². The molecule has 0 saturated heterocycles. The highest BCUT2D eigenvalue weighted by atomic mass is 16.3. The van der Waals surface area contributed by atoms with E-state index in [0.29, 0.717) is 6.42 Å². The topological polar surface area (TPSA) is 43.7 Å². The number of phenols is 1. The Kier molecular flexibility index (Phi) is 1.58. The Balaban J connectivity index is 3.05. The molecule has 0 radical (unpaired) electrons. The molecule has 1 aromatic carbocycles. The summed E-state index contributed by atoms with van der Waals surface area (Å²) in [6, 6.07) is -4.20. The van der Waals surface area contributed by atoms with Gasteiger partial charge in [0.25, 0.3) is 0 Å². The average Bonchev–Trinajstić information content (AvgIpc) is 2.62. The van der Waals surface area contributed by atoms with Gasteiger partial charge in [0, 0.05) is 24.7 Å². The normalized spacial score (nSPS) is 34.1. The second kappa shape index (κ2) is 5.93. The summed E-state index contributed by atoms with van der Waals surface area (Å²) in [6.07, 6.45) is 0.594. The maximum absolute atomic E-state index is 11.5. The Morgan fingerprint density at radius 3 is 2.58 bits per heavy atom. The molecule has 1 atom stereocenters. The Morgan fingerprint density at radius 1 is 1.37 bits per heavy atom. The first-order valence-electron chi connectivity index (χ1n) is 12.6. The van der Waals surface area contributed by atoms with Crippen LogP contribution in [-0.2, 0) is 0 Å². The van der Waals surface area contributed by atoms with Crippen molar-refractivity contribution in [3.63, 3.8) is 0 Å². The van der Waals surface area contributed by atoms with Gasteiger partial charge in [-0.3, -0.25) is 0 Å². The second-order valence-corrected chi connectivity index (χ2v) is 4.64. The monoisotopic (exact) mass is 276 g/mol. The molecular formula is C16H25NO2. The highest BCUT2D eigenvalue weighted by molar-refractivity contribution is 5.30. The van der Waals surface area contributed by atoms with Gasteiger partial charge in [-0.25, -0.2) is 0 Å². The van der Waals surface area contributed by atoms with Crippen LogP contribution in [0.2, 0.25) is 0 Å². The van der Waals surface area contributed by atoms with Crippen molar-refractivity contribution in [1.82, 2.24) is 4.90 Å². The van der Waals surface area contributed by atoms with E-state index in [1.54, 1.807) is 0 Å². The van der Waals surface area contributed by atoms with E-state index in [-0.39, 0.29) is 25.7 Å². The zero-order valence-corrected chi connectivity index (χ0v) is 10.4. The second-order valence-electron chi connectivity index (χ2n) is 4.64. The molecule has 1 saturated carbocycles. The lowest BCUT2D eigenvalue weighted by molar-refractivity contribution is -0.0277. The number of likely N-dealkylation sites (N-methyl/N-ethyl adjacent to an activating group) is 1. The minimum absolute atomic E-state index is 0.272. The van der Waals surface area contributed by atoms with Gasteiger partial charge in [0.2, 0.25) is 0 Å².